The van der Waals surface area contributed by atoms with E-state index in [4.69, 9.17) is 5.11 Å². The van der Waals surface area contributed by atoms with Crippen molar-refractivity contribution >= 4 is 5.91 Å². The Balaban J connectivity index is 3.11. The SMILES string of the molecule is C[C@H](CO)NC(=O)c1cc(F)c(F)c(F)c1F. The summed E-state index contributed by atoms with van der Waals surface area (Å²) in [7, 11) is 0. The molecular weight excluding hydrogens is 242 g/mol. The molecule has 0 heterocycles. The van der Waals surface area contributed by atoms with Crippen molar-refractivity contribution in [2.75, 3.05) is 6.61 Å². The first kappa shape index (κ1) is 13.4. The Hall–Kier alpha value is -1.63. The van der Waals surface area contributed by atoms with Crippen molar-refractivity contribution in [2.24, 2.45) is 0 Å². The summed E-state index contributed by atoms with van der Waals surface area (Å²) in [5.41, 5.74) is -0.957. The van der Waals surface area contributed by atoms with Gasteiger partial charge in [-0.3, -0.25) is 4.79 Å². The fraction of sp³-hybridized carbons (Fsp3) is 0.300. The van der Waals surface area contributed by atoms with Crippen LogP contribution in [-0.4, -0.2) is 23.7 Å². The van der Waals surface area contributed by atoms with Gasteiger partial charge in [0.15, 0.2) is 23.3 Å². The molecule has 1 rings (SSSR count). The first-order valence-corrected chi connectivity index (χ1v) is 4.63. The number of hydrogen-bond donors (Lipinski definition) is 2. The third kappa shape index (κ3) is 2.73. The normalized spacial score (nSPS) is 12.4. The zero-order chi connectivity index (χ0) is 13.2. The highest BCUT2D eigenvalue weighted by Crippen LogP contribution is 2.18. The molecule has 3 nitrogen and oxygen atoms in total. The van der Waals surface area contributed by atoms with Gasteiger partial charge in [-0.25, -0.2) is 17.6 Å². The molecule has 0 unspecified atom stereocenters. The molecule has 0 spiro atoms. The number of aliphatic hydroxyl groups excluding tert-OH is 1. The topological polar surface area (TPSA) is 49.3 Å². The lowest BCUT2D eigenvalue weighted by Crippen LogP contribution is -2.35. The summed E-state index contributed by atoms with van der Waals surface area (Å²) in [5, 5.41) is 10.7. The van der Waals surface area contributed by atoms with Gasteiger partial charge in [0.05, 0.1) is 12.2 Å². The van der Waals surface area contributed by atoms with Crippen LogP contribution in [-0.2, 0) is 0 Å². The van der Waals surface area contributed by atoms with E-state index in [1.54, 1.807) is 0 Å². The summed E-state index contributed by atoms with van der Waals surface area (Å²) in [6, 6.07) is -0.467. The minimum absolute atomic E-state index is 0.257. The number of rotatable bonds is 3. The van der Waals surface area contributed by atoms with Crippen LogP contribution in [0.4, 0.5) is 17.6 Å². The van der Waals surface area contributed by atoms with E-state index in [9.17, 15) is 22.4 Å². The summed E-state index contributed by atoms with van der Waals surface area (Å²) in [5.74, 6) is -8.60. The number of nitrogens with one attached hydrogen (secondary N) is 1. The van der Waals surface area contributed by atoms with Crippen molar-refractivity contribution in [1.29, 1.82) is 0 Å². The van der Waals surface area contributed by atoms with E-state index in [0.29, 0.717) is 0 Å². The van der Waals surface area contributed by atoms with E-state index < -0.39 is 47.4 Å². The van der Waals surface area contributed by atoms with Gasteiger partial charge in [-0.2, -0.15) is 0 Å². The first-order valence-electron chi connectivity index (χ1n) is 4.63. The van der Waals surface area contributed by atoms with Crippen molar-refractivity contribution in [2.45, 2.75) is 13.0 Å². The predicted molar refractivity (Wildman–Crippen MR) is 50.3 cm³/mol. The van der Waals surface area contributed by atoms with E-state index in [1.807, 2.05) is 0 Å². The number of halogens is 4. The van der Waals surface area contributed by atoms with Crippen molar-refractivity contribution in [1.82, 2.24) is 5.32 Å². The molecule has 1 aromatic rings. The molecule has 7 heteroatoms. The van der Waals surface area contributed by atoms with Crippen LogP contribution in [0.1, 0.15) is 17.3 Å². The summed E-state index contributed by atoms with van der Waals surface area (Å²) in [6.07, 6.45) is 0. The highest BCUT2D eigenvalue weighted by molar-refractivity contribution is 5.94. The van der Waals surface area contributed by atoms with Gasteiger partial charge in [0.2, 0.25) is 0 Å². The molecular formula is C10H9F4NO2. The number of aliphatic hydroxyl groups is 1. The standard InChI is InChI=1S/C10H9F4NO2/c1-4(3-16)15-10(17)5-2-6(11)8(13)9(14)7(5)12/h2,4,16H,3H2,1H3,(H,15,17)/t4-/m1/s1. The lowest BCUT2D eigenvalue weighted by Gasteiger charge is -2.11. The second-order valence-electron chi connectivity index (χ2n) is 3.40. The number of carbonyl (C=O) groups excluding carboxylic acids is 1. The molecule has 1 amide bonds. The van der Waals surface area contributed by atoms with Crippen LogP contribution in [0.15, 0.2) is 6.07 Å². The van der Waals surface area contributed by atoms with E-state index in [2.05, 4.69) is 5.32 Å². The Bertz CT molecular complexity index is 450. The van der Waals surface area contributed by atoms with Gasteiger partial charge in [0.1, 0.15) is 0 Å². The molecule has 0 aliphatic rings. The zero-order valence-electron chi connectivity index (χ0n) is 8.73. The number of hydrogen-bond acceptors (Lipinski definition) is 2. The van der Waals surface area contributed by atoms with Crippen molar-refractivity contribution in [3.63, 3.8) is 0 Å². The summed E-state index contributed by atoms with van der Waals surface area (Å²) in [6.45, 7) is 0.964. The Labute approximate surface area is 94.1 Å². The van der Waals surface area contributed by atoms with Gasteiger partial charge in [-0.1, -0.05) is 0 Å². The Morgan fingerprint density at radius 2 is 1.88 bits per heavy atom. The maximum absolute atomic E-state index is 13.1. The molecule has 0 saturated carbocycles. The molecule has 0 bridgehead atoms. The molecule has 17 heavy (non-hydrogen) atoms. The maximum Gasteiger partial charge on any atom is 0.254 e. The fourth-order valence-corrected chi connectivity index (χ4v) is 1.09. The van der Waals surface area contributed by atoms with Crippen LogP contribution in [0, 0.1) is 23.3 Å². The van der Waals surface area contributed by atoms with Crippen LogP contribution < -0.4 is 5.32 Å². The van der Waals surface area contributed by atoms with E-state index in [-0.39, 0.29) is 6.07 Å². The Morgan fingerprint density at radius 3 is 2.41 bits per heavy atom. The van der Waals surface area contributed by atoms with Gasteiger partial charge >= 0.3 is 0 Å². The first-order chi connectivity index (χ1) is 7.88. The molecule has 1 aromatic carbocycles. The Morgan fingerprint density at radius 1 is 1.29 bits per heavy atom. The number of benzene rings is 1. The second kappa shape index (κ2) is 5.13. The van der Waals surface area contributed by atoms with Crippen molar-refractivity contribution < 1.29 is 27.5 Å². The van der Waals surface area contributed by atoms with Crippen LogP contribution in [0.3, 0.4) is 0 Å². The maximum atomic E-state index is 13.1. The minimum Gasteiger partial charge on any atom is -0.394 e. The predicted octanol–water partition coefficient (Wildman–Crippen LogP) is 1.35. The molecule has 94 valence electrons. The third-order valence-electron chi connectivity index (χ3n) is 2.00. The molecule has 0 aromatic heterocycles. The number of amides is 1. The quantitative estimate of drug-likeness (QED) is 0.484. The molecule has 2 N–H and O–H groups in total. The zero-order valence-corrected chi connectivity index (χ0v) is 8.73. The minimum atomic E-state index is -2.05. The van der Waals surface area contributed by atoms with E-state index in [1.165, 1.54) is 6.92 Å². The van der Waals surface area contributed by atoms with Gasteiger partial charge < -0.3 is 10.4 Å². The Kier molecular flexibility index (Phi) is 4.06. The van der Waals surface area contributed by atoms with Crippen molar-refractivity contribution in [3.05, 3.63) is 34.9 Å². The van der Waals surface area contributed by atoms with Crippen LogP contribution in [0.5, 0.6) is 0 Å². The van der Waals surface area contributed by atoms with E-state index in [0.717, 1.165) is 0 Å². The summed E-state index contributed by atoms with van der Waals surface area (Å²) < 4.78 is 51.3. The molecule has 0 saturated heterocycles. The smallest absolute Gasteiger partial charge is 0.254 e. The third-order valence-corrected chi connectivity index (χ3v) is 2.00. The van der Waals surface area contributed by atoms with Crippen LogP contribution in [0.2, 0.25) is 0 Å². The van der Waals surface area contributed by atoms with E-state index >= 15 is 0 Å². The lowest BCUT2D eigenvalue weighted by atomic mass is 10.1. The summed E-state index contributed by atoms with van der Waals surface area (Å²) >= 11 is 0. The van der Waals surface area contributed by atoms with Gasteiger partial charge in [0, 0.05) is 6.04 Å². The molecule has 0 aliphatic carbocycles. The molecule has 0 aliphatic heterocycles. The van der Waals surface area contributed by atoms with Crippen LogP contribution in [0.25, 0.3) is 0 Å². The van der Waals surface area contributed by atoms with Gasteiger partial charge in [-0.05, 0) is 13.0 Å². The lowest BCUT2D eigenvalue weighted by molar-refractivity contribution is 0.0916. The number of carbonyl (C=O) groups is 1. The average molecular weight is 251 g/mol. The molecule has 1 atom stereocenters. The van der Waals surface area contributed by atoms with Gasteiger partial charge in [0.25, 0.3) is 5.91 Å². The summed E-state index contributed by atoms with van der Waals surface area (Å²) in [4.78, 5) is 11.3. The second-order valence-corrected chi connectivity index (χ2v) is 3.40. The fourth-order valence-electron chi connectivity index (χ4n) is 1.09. The average Bonchev–Trinajstić information content (AvgIpc) is 2.30. The monoisotopic (exact) mass is 251 g/mol. The highest BCUT2D eigenvalue weighted by atomic mass is 19.2. The largest absolute Gasteiger partial charge is 0.394 e. The van der Waals surface area contributed by atoms with Crippen LogP contribution >= 0.6 is 0 Å². The van der Waals surface area contributed by atoms with Gasteiger partial charge in [-0.15, -0.1) is 0 Å². The molecule has 0 fully saturated rings. The highest BCUT2D eigenvalue weighted by Gasteiger charge is 2.23. The molecule has 0 radical (unpaired) electrons. The van der Waals surface area contributed by atoms with Crippen molar-refractivity contribution in [3.8, 4) is 0 Å².